The Bertz CT molecular complexity index is 595. The number of phenols is 2. The van der Waals surface area contributed by atoms with Crippen LogP contribution in [0.5, 0.6) is 11.5 Å². The number of phenolic OH excluding ortho intramolecular Hbond substituents is 2. The van der Waals surface area contributed by atoms with Gasteiger partial charge in [-0.1, -0.05) is 0 Å². The van der Waals surface area contributed by atoms with Gasteiger partial charge in [0.1, 0.15) is 11.5 Å². The van der Waals surface area contributed by atoms with E-state index in [2.05, 4.69) is 10.3 Å². The van der Waals surface area contributed by atoms with Crippen LogP contribution >= 0.6 is 11.3 Å². The number of carbonyl (C=O) groups excluding carboxylic acids is 1. The van der Waals surface area contributed by atoms with Gasteiger partial charge in [-0.2, -0.15) is 0 Å². The number of hydrogen-bond donors (Lipinski definition) is 3. The van der Waals surface area contributed by atoms with Crippen molar-refractivity contribution in [2.45, 2.75) is 13.3 Å². The van der Waals surface area contributed by atoms with Crippen LogP contribution in [0.1, 0.15) is 21.1 Å². The van der Waals surface area contributed by atoms with Crippen LogP contribution in [0.25, 0.3) is 0 Å². The van der Waals surface area contributed by atoms with Crippen LogP contribution in [-0.4, -0.2) is 27.6 Å². The second-order valence-corrected chi connectivity index (χ2v) is 5.13. The molecule has 0 saturated heterocycles. The number of aromatic nitrogens is 1. The smallest absolute Gasteiger partial charge is 0.255 e. The van der Waals surface area contributed by atoms with Crippen LogP contribution in [0.3, 0.4) is 0 Å². The van der Waals surface area contributed by atoms with Gasteiger partial charge in [0, 0.05) is 18.3 Å². The summed E-state index contributed by atoms with van der Waals surface area (Å²) in [6.45, 7) is 2.36. The van der Waals surface area contributed by atoms with Gasteiger partial charge in [0.15, 0.2) is 0 Å². The molecule has 1 aromatic carbocycles. The van der Waals surface area contributed by atoms with Crippen molar-refractivity contribution >= 4 is 17.2 Å². The highest BCUT2D eigenvalue weighted by atomic mass is 32.1. The number of nitrogens with zero attached hydrogens (tertiary/aromatic N) is 1. The number of rotatable bonds is 4. The molecule has 2 rings (SSSR count). The van der Waals surface area contributed by atoms with Crippen LogP contribution in [0, 0.1) is 6.92 Å². The van der Waals surface area contributed by atoms with Gasteiger partial charge in [0.25, 0.3) is 5.91 Å². The zero-order chi connectivity index (χ0) is 13.8. The molecule has 100 valence electrons. The third-order valence-corrected chi connectivity index (χ3v) is 3.38. The van der Waals surface area contributed by atoms with Crippen molar-refractivity contribution in [1.82, 2.24) is 10.3 Å². The molecule has 0 spiro atoms. The van der Waals surface area contributed by atoms with Gasteiger partial charge < -0.3 is 15.5 Å². The van der Waals surface area contributed by atoms with Gasteiger partial charge >= 0.3 is 0 Å². The highest BCUT2D eigenvalue weighted by Crippen LogP contribution is 2.21. The molecule has 19 heavy (non-hydrogen) atoms. The number of aryl methyl sites for hydroxylation is 1. The molecule has 1 amide bonds. The number of thiazole rings is 1. The molecule has 0 atom stereocenters. The first kappa shape index (κ1) is 13.4. The summed E-state index contributed by atoms with van der Waals surface area (Å²) in [6.07, 6.45) is 0.635. The van der Waals surface area contributed by atoms with E-state index in [-0.39, 0.29) is 17.1 Å². The molecule has 0 fully saturated rings. The van der Waals surface area contributed by atoms with Gasteiger partial charge in [0.05, 0.1) is 16.3 Å². The first-order chi connectivity index (χ1) is 9.06. The van der Waals surface area contributed by atoms with Crippen molar-refractivity contribution in [3.63, 3.8) is 0 Å². The van der Waals surface area contributed by atoms with Crippen LogP contribution < -0.4 is 5.32 Å². The topological polar surface area (TPSA) is 82.5 Å². The number of aromatic hydroxyl groups is 2. The van der Waals surface area contributed by atoms with Crippen molar-refractivity contribution in [3.05, 3.63) is 39.8 Å². The van der Waals surface area contributed by atoms with E-state index in [9.17, 15) is 15.0 Å². The Hall–Kier alpha value is -2.08. The molecular weight excluding hydrogens is 264 g/mol. The molecule has 1 heterocycles. The molecule has 0 saturated carbocycles. The van der Waals surface area contributed by atoms with E-state index in [0.717, 1.165) is 10.7 Å². The van der Waals surface area contributed by atoms with Gasteiger partial charge in [0.2, 0.25) is 0 Å². The fourth-order valence-corrected chi connectivity index (χ4v) is 2.28. The molecule has 0 bridgehead atoms. The van der Waals surface area contributed by atoms with Crippen LogP contribution in [-0.2, 0) is 6.42 Å². The molecule has 0 radical (unpaired) electrons. The minimum absolute atomic E-state index is 0.0573. The van der Waals surface area contributed by atoms with Crippen molar-refractivity contribution in [2.24, 2.45) is 0 Å². The zero-order valence-electron chi connectivity index (χ0n) is 10.4. The quantitative estimate of drug-likeness (QED) is 0.745. The van der Waals surface area contributed by atoms with Crippen molar-refractivity contribution in [2.75, 3.05) is 6.54 Å². The molecular formula is C13H14N2O3S. The van der Waals surface area contributed by atoms with E-state index in [1.807, 2.05) is 12.3 Å². The lowest BCUT2D eigenvalue weighted by atomic mass is 10.1. The lowest BCUT2D eigenvalue weighted by Crippen LogP contribution is -2.25. The summed E-state index contributed by atoms with van der Waals surface area (Å²) in [5, 5.41) is 24.5. The number of carbonyl (C=O) groups is 1. The Balaban J connectivity index is 1.92. The summed E-state index contributed by atoms with van der Waals surface area (Å²) in [7, 11) is 0. The second kappa shape index (κ2) is 5.71. The predicted octanol–water partition coefficient (Wildman–Crippen LogP) is 1.84. The minimum Gasteiger partial charge on any atom is -0.508 e. The number of benzene rings is 1. The summed E-state index contributed by atoms with van der Waals surface area (Å²) in [5.74, 6) is -0.627. The Morgan fingerprint density at radius 1 is 1.42 bits per heavy atom. The Morgan fingerprint density at radius 2 is 2.21 bits per heavy atom. The molecule has 0 aliphatic carbocycles. The monoisotopic (exact) mass is 278 g/mol. The van der Waals surface area contributed by atoms with E-state index in [1.165, 1.54) is 18.2 Å². The van der Waals surface area contributed by atoms with Crippen molar-refractivity contribution in [3.8, 4) is 11.5 Å². The van der Waals surface area contributed by atoms with Gasteiger partial charge in [-0.15, -0.1) is 11.3 Å². The Kier molecular flexibility index (Phi) is 4.01. The van der Waals surface area contributed by atoms with Gasteiger partial charge in [-0.25, -0.2) is 4.98 Å². The predicted molar refractivity (Wildman–Crippen MR) is 72.7 cm³/mol. The summed E-state index contributed by atoms with van der Waals surface area (Å²) in [6, 6.07) is 3.84. The van der Waals surface area contributed by atoms with E-state index in [1.54, 1.807) is 11.3 Å². The summed E-state index contributed by atoms with van der Waals surface area (Å²) >= 11 is 1.57. The average Bonchev–Trinajstić information content (AvgIpc) is 2.78. The summed E-state index contributed by atoms with van der Waals surface area (Å²) < 4.78 is 0. The van der Waals surface area contributed by atoms with E-state index < -0.39 is 5.91 Å². The zero-order valence-corrected chi connectivity index (χ0v) is 11.2. The Morgan fingerprint density at radius 3 is 2.89 bits per heavy atom. The second-order valence-electron chi connectivity index (χ2n) is 4.07. The van der Waals surface area contributed by atoms with Gasteiger partial charge in [-0.05, 0) is 25.1 Å². The number of amides is 1. The third-order valence-electron chi connectivity index (χ3n) is 2.56. The van der Waals surface area contributed by atoms with E-state index in [0.29, 0.717) is 13.0 Å². The van der Waals surface area contributed by atoms with Crippen LogP contribution in [0.2, 0.25) is 0 Å². The maximum Gasteiger partial charge on any atom is 0.255 e. The largest absolute Gasteiger partial charge is 0.508 e. The molecule has 6 heteroatoms. The standard InChI is InChI=1S/C13H14N2O3S/c1-8-15-9(7-19-8)4-5-14-13(18)11-6-10(16)2-3-12(11)17/h2-3,6-7,16-17H,4-5H2,1H3,(H,14,18). The van der Waals surface area contributed by atoms with Crippen LogP contribution in [0.15, 0.2) is 23.6 Å². The highest BCUT2D eigenvalue weighted by molar-refractivity contribution is 7.09. The fourth-order valence-electron chi connectivity index (χ4n) is 1.63. The van der Waals surface area contributed by atoms with Gasteiger partial charge in [-0.3, -0.25) is 4.79 Å². The number of nitrogens with one attached hydrogen (secondary N) is 1. The third kappa shape index (κ3) is 3.45. The van der Waals surface area contributed by atoms with Crippen LogP contribution in [0.4, 0.5) is 0 Å². The van der Waals surface area contributed by atoms with Crippen molar-refractivity contribution < 1.29 is 15.0 Å². The first-order valence-corrected chi connectivity index (χ1v) is 6.65. The fraction of sp³-hybridized carbons (Fsp3) is 0.231. The maximum atomic E-state index is 11.8. The summed E-state index contributed by atoms with van der Waals surface area (Å²) in [4.78, 5) is 16.1. The van der Waals surface area contributed by atoms with E-state index >= 15 is 0 Å². The Labute approximate surface area is 114 Å². The lowest BCUT2D eigenvalue weighted by molar-refractivity contribution is 0.0951. The first-order valence-electron chi connectivity index (χ1n) is 5.77. The normalized spacial score (nSPS) is 10.4. The average molecular weight is 278 g/mol. The van der Waals surface area contributed by atoms with Crippen molar-refractivity contribution in [1.29, 1.82) is 0 Å². The molecule has 0 unspecified atom stereocenters. The molecule has 0 aliphatic rings. The highest BCUT2D eigenvalue weighted by Gasteiger charge is 2.11. The van der Waals surface area contributed by atoms with E-state index in [4.69, 9.17) is 0 Å². The molecule has 5 nitrogen and oxygen atoms in total. The molecule has 1 aromatic heterocycles. The maximum absolute atomic E-state index is 11.8. The number of hydrogen-bond acceptors (Lipinski definition) is 5. The molecule has 0 aliphatic heterocycles. The summed E-state index contributed by atoms with van der Waals surface area (Å²) in [5.41, 5.74) is 0.998. The lowest BCUT2D eigenvalue weighted by Gasteiger charge is -2.06. The molecule has 2 aromatic rings. The SMILES string of the molecule is Cc1nc(CCNC(=O)c2cc(O)ccc2O)cs1. The molecule has 3 N–H and O–H groups in total. The minimum atomic E-state index is -0.416.